The lowest BCUT2D eigenvalue weighted by Crippen LogP contribution is -2.58. The second kappa shape index (κ2) is 6.88. The molecule has 0 saturated heterocycles. The first-order valence-electron chi connectivity index (χ1n) is 8.01. The molecule has 1 N–H and O–H groups in total. The third kappa shape index (κ3) is 4.03. The van der Waals surface area contributed by atoms with Crippen LogP contribution in [0.15, 0.2) is 43.0 Å². The molecule has 128 valence electrons. The van der Waals surface area contributed by atoms with Gasteiger partial charge in [0.05, 0.1) is 0 Å². The average molecular weight is 318 g/mol. The van der Waals surface area contributed by atoms with Crippen LogP contribution in [0.4, 0.5) is 0 Å². The first-order valence-corrected chi connectivity index (χ1v) is 8.01. The fraction of sp³-hybridized carbons (Fsp3) is 0.550. The summed E-state index contributed by atoms with van der Waals surface area (Å²) in [7, 11) is 0. The van der Waals surface area contributed by atoms with Crippen molar-refractivity contribution in [1.29, 1.82) is 0 Å². The average Bonchev–Trinajstić information content (AvgIpc) is 2.43. The maximum absolute atomic E-state index is 12.8. The summed E-state index contributed by atoms with van der Waals surface area (Å²) in [5.74, 6) is -1.01. The topological polar surface area (TPSA) is 46.5 Å². The molecule has 0 aliphatic heterocycles. The molecule has 0 heterocycles. The highest BCUT2D eigenvalue weighted by Gasteiger charge is 2.57. The van der Waals surface area contributed by atoms with Gasteiger partial charge in [-0.25, -0.2) is 4.79 Å². The van der Waals surface area contributed by atoms with E-state index in [-0.39, 0.29) is 12.0 Å². The molecule has 23 heavy (non-hydrogen) atoms. The van der Waals surface area contributed by atoms with Gasteiger partial charge in [0.15, 0.2) is 5.60 Å². The highest BCUT2D eigenvalue weighted by atomic mass is 16.5. The van der Waals surface area contributed by atoms with Gasteiger partial charge in [-0.3, -0.25) is 0 Å². The van der Waals surface area contributed by atoms with Crippen molar-refractivity contribution in [3.63, 3.8) is 0 Å². The molecular weight excluding hydrogens is 288 g/mol. The van der Waals surface area contributed by atoms with E-state index in [1.807, 2.05) is 71.9 Å². The fourth-order valence-electron chi connectivity index (χ4n) is 3.12. The Morgan fingerprint density at radius 1 is 1.17 bits per heavy atom. The second-order valence-electron chi connectivity index (χ2n) is 8.11. The van der Waals surface area contributed by atoms with Gasteiger partial charge in [0.2, 0.25) is 0 Å². The van der Waals surface area contributed by atoms with Crippen molar-refractivity contribution in [3.8, 4) is 0 Å². The maximum Gasteiger partial charge on any atom is 0.339 e. The first-order chi connectivity index (χ1) is 10.5. The molecule has 0 spiro atoms. The van der Waals surface area contributed by atoms with Crippen LogP contribution >= 0.6 is 0 Å². The van der Waals surface area contributed by atoms with E-state index in [0.717, 1.165) is 5.56 Å². The van der Waals surface area contributed by atoms with Crippen molar-refractivity contribution in [2.75, 3.05) is 6.61 Å². The third-order valence-electron chi connectivity index (χ3n) is 4.20. The van der Waals surface area contributed by atoms with Gasteiger partial charge >= 0.3 is 5.97 Å². The van der Waals surface area contributed by atoms with Gasteiger partial charge in [-0.2, -0.15) is 0 Å². The van der Waals surface area contributed by atoms with Gasteiger partial charge in [0.25, 0.3) is 0 Å². The van der Waals surface area contributed by atoms with Gasteiger partial charge < -0.3 is 9.84 Å². The van der Waals surface area contributed by atoms with Gasteiger partial charge in [0, 0.05) is 11.3 Å². The zero-order valence-corrected chi connectivity index (χ0v) is 15.2. The Kier molecular flexibility index (Phi) is 5.81. The highest BCUT2D eigenvalue weighted by molar-refractivity contribution is 5.82. The number of carbonyl (C=O) groups is 1. The maximum atomic E-state index is 12.8. The van der Waals surface area contributed by atoms with Crippen LogP contribution in [0.5, 0.6) is 0 Å². The molecule has 0 amide bonds. The number of esters is 1. The molecule has 0 bridgehead atoms. The quantitative estimate of drug-likeness (QED) is 0.649. The van der Waals surface area contributed by atoms with Crippen molar-refractivity contribution in [1.82, 2.24) is 0 Å². The Bertz CT molecular complexity index is 534. The van der Waals surface area contributed by atoms with Crippen LogP contribution in [0.3, 0.4) is 0 Å². The Labute approximate surface area is 140 Å². The molecule has 0 fully saturated rings. The molecule has 0 aromatic heterocycles. The molecule has 0 aliphatic carbocycles. The van der Waals surface area contributed by atoms with E-state index >= 15 is 0 Å². The lowest BCUT2D eigenvalue weighted by Gasteiger charge is -2.48. The minimum Gasteiger partial charge on any atom is -0.459 e. The van der Waals surface area contributed by atoms with E-state index in [4.69, 9.17) is 4.74 Å². The molecule has 3 heteroatoms. The van der Waals surface area contributed by atoms with E-state index in [1.54, 1.807) is 0 Å². The summed E-state index contributed by atoms with van der Waals surface area (Å²) in [6.07, 6.45) is 1.51. The van der Waals surface area contributed by atoms with E-state index in [2.05, 4.69) is 6.58 Å². The SMILES string of the molecule is C=CCOC(=O)C(O)(C(c1ccccc1)C(C)(C)C)C(C)(C)C. The van der Waals surface area contributed by atoms with Crippen LogP contribution in [0, 0.1) is 10.8 Å². The lowest BCUT2D eigenvalue weighted by molar-refractivity contribution is -0.187. The molecule has 0 saturated carbocycles. The van der Waals surface area contributed by atoms with Gasteiger partial charge in [-0.05, 0) is 11.0 Å². The minimum atomic E-state index is -1.66. The van der Waals surface area contributed by atoms with Crippen LogP contribution in [-0.4, -0.2) is 23.3 Å². The molecule has 1 rings (SSSR count). The minimum absolute atomic E-state index is 0.0862. The van der Waals surface area contributed by atoms with Crippen molar-refractivity contribution in [2.45, 2.75) is 53.1 Å². The predicted octanol–water partition coefficient (Wildman–Crippen LogP) is 4.32. The normalized spacial score (nSPS) is 16.3. The van der Waals surface area contributed by atoms with E-state index in [9.17, 15) is 9.90 Å². The first kappa shape index (κ1) is 19.4. The van der Waals surface area contributed by atoms with Crippen LogP contribution < -0.4 is 0 Å². The molecule has 3 nitrogen and oxygen atoms in total. The van der Waals surface area contributed by atoms with Crippen molar-refractivity contribution < 1.29 is 14.6 Å². The number of ether oxygens (including phenoxy) is 1. The zero-order chi connectivity index (χ0) is 17.9. The number of hydrogen-bond acceptors (Lipinski definition) is 3. The molecular formula is C20H30O3. The summed E-state index contributed by atoms with van der Waals surface area (Å²) in [5, 5.41) is 11.6. The molecule has 2 unspecified atom stereocenters. The van der Waals surface area contributed by atoms with Gasteiger partial charge in [-0.1, -0.05) is 84.5 Å². The van der Waals surface area contributed by atoms with Crippen LogP contribution in [0.25, 0.3) is 0 Å². The number of aliphatic hydroxyl groups is 1. The highest BCUT2D eigenvalue weighted by Crippen LogP contribution is 2.50. The summed E-state index contributed by atoms with van der Waals surface area (Å²) >= 11 is 0. The van der Waals surface area contributed by atoms with Crippen LogP contribution in [-0.2, 0) is 9.53 Å². The lowest BCUT2D eigenvalue weighted by atomic mass is 9.59. The van der Waals surface area contributed by atoms with E-state index in [1.165, 1.54) is 6.08 Å². The molecule has 2 atom stereocenters. The summed E-state index contributed by atoms with van der Waals surface area (Å²) in [6.45, 7) is 15.3. The van der Waals surface area contributed by atoms with Crippen molar-refractivity contribution >= 4 is 5.97 Å². The molecule has 0 aliphatic rings. The number of carbonyl (C=O) groups excluding carboxylic acids is 1. The third-order valence-corrected chi connectivity index (χ3v) is 4.20. The Morgan fingerprint density at radius 3 is 2.09 bits per heavy atom. The Hall–Kier alpha value is -1.61. The van der Waals surface area contributed by atoms with Crippen LogP contribution in [0.1, 0.15) is 53.0 Å². The smallest absolute Gasteiger partial charge is 0.339 e. The summed E-state index contributed by atoms with van der Waals surface area (Å²) in [4.78, 5) is 12.8. The zero-order valence-electron chi connectivity index (χ0n) is 15.2. The van der Waals surface area contributed by atoms with Gasteiger partial charge in [0.1, 0.15) is 6.61 Å². The van der Waals surface area contributed by atoms with Crippen molar-refractivity contribution in [2.24, 2.45) is 10.8 Å². The molecule has 1 aromatic carbocycles. The summed E-state index contributed by atoms with van der Waals surface area (Å²) < 4.78 is 5.27. The van der Waals surface area contributed by atoms with E-state index < -0.39 is 22.9 Å². The fourth-order valence-corrected chi connectivity index (χ4v) is 3.12. The van der Waals surface area contributed by atoms with Crippen molar-refractivity contribution in [3.05, 3.63) is 48.6 Å². The predicted molar refractivity (Wildman–Crippen MR) is 94.2 cm³/mol. The Balaban J connectivity index is 3.52. The standard InChI is InChI=1S/C20H30O3/c1-8-14-23-17(21)20(22,19(5,6)7)16(18(2,3)4)15-12-10-9-11-13-15/h8-13,16,22H,1,14H2,2-7H3. The largest absolute Gasteiger partial charge is 0.459 e. The molecule has 1 aromatic rings. The second-order valence-corrected chi connectivity index (χ2v) is 8.11. The summed E-state index contributed by atoms with van der Waals surface area (Å²) in [6, 6.07) is 9.68. The van der Waals surface area contributed by atoms with E-state index in [0.29, 0.717) is 0 Å². The number of hydrogen-bond donors (Lipinski definition) is 1. The Morgan fingerprint density at radius 2 is 1.70 bits per heavy atom. The van der Waals surface area contributed by atoms with Gasteiger partial charge in [-0.15, -0.1) is 0 Å². The number of benzene rings is 1. The number of rotatable bonds is 5. The summed E-state index contributed by atoms with van der Waals surface area (Å²) in [5.41, 5.74) is -1.77. The van der Waals surface area contributed by atoms with Crippen LogP contribution in [0.2, 0.25) is 0 Å². The molecule has 0 radical (unpaired) electrons. The monoisotopic (exact) mass is 318 g/mol.